The number of hydrogen-bond acceptors (Lipinski definition) is 3. The predicted octanol–water partition coefficient (Wildman–Crippen LogP) is 6.07. The number of nitrogens with zero attached hydrogens (tertiary/aromatic N) is 3. The highest BCUT2D eigenvalue weighted by Gasteiger charge is 2.21. The Labute approximate surface area is 204 Å². The molecule has 1 aromatic heterocycles. The maximum absolute atomic E-state index is 13.0. The number of aromatic nitrogens is 2. The molecule has 33 heavy (non-hydrogen) atoms. The largest absolute Gasteiger partial charge is 0.333 e. The molecule has 0 unspecified atom stereocenters. The second kappa shape index (κ2) is 11.3. The minimum atomic E-state index is -0.291. The topological polar surface area (TPSA) is 67.2 Å². The molecule has 0 saturated carbocycles. The van der Waals surface area contributed by atoms with Gasteiger partial charge in [-0.25, -0.2) is 4.68 Å². The third-order valence-electron chi connectivity index (χ3n) is 5.12. The molecule has 0 aliphatic carbocycles. The molecular formula is C25H28Cl2N4O2. The zero-order chi connectivity index (χ0) is 24.0. The zero-order valence-electron chi connectivity index (χ0n) is 19.0. The molecule has 0 fully saturated rings. The summed E-state index contributed by atoms with van der Waals surface area (Å²) in [4.78, 5) is 27.2. The number of halogens is 2. The van der Waals surface area contributed by atoms with Crippen LogP contribution >= 0.6 is 23.2 Å². The quantitative estimate of drug-likeness (QED) is 0.399. The molecule has 1 N–H and O–H groups in total. The van der Waals surface area contributed by atoms with Crippen molar-refractivity contribution in [3.63, 3.8) is 0 Å². The van der Waals surface area contributed by atoms with Crippen molar-refractivity contribution in [2.75, 3.05) is 18.4 Å². The molecule has 1 heterocycles. The molecule has 0 aliphatic rings. The van der Waals surface area contributed by atoms with E-state index in [2.05, 4.69) is 17.3 Å². The van der Waals surface area contributed by atoms with E-state index in [1.54, 1.807) is 33.8 Å². The van der Waals surface area contributed by atoms with Crippen LogP contribution < -0.4 is 5.32 Å². The summed E-state index contributed by atoms with van der Waals surface area (Å²) in [6.07, 6.45) is 1.78. The molecule has 0 saturated heterocycles. The molecule has 3 aromatic rings. The normalized spacial score (nSPS) is 11.0. The van der Waals surface area contributed by atoms with E-state index >= 15 is 0 Å². The molecule has 0 bridgehead atoms. The lowest BCUT2D eigenvalue weighted by atomic mass is 10.1. The molecule has 2 aromatic carbocycles. The Balaban J connectivity index is 1.91. The van der Waals surface area contributed by atoms with Gasteiger partial charge in [0, 0.05) is 24.1 Å². The van der Waals surface area contributed by atoms with E-state index in [0.717, 1.165) is 18.4 Å². The highest BCUT2D eigenvalue weighted by molar-refractivity contribution is 6.42. The standard InChI is InChI=1S/C25H28Cl2N4O2/c1-4-5-13-30(25(33)17(2)3)16-24(32)28-23-15-22(18-9-7-6-8-10-18)29-31(23)19-11-12-20(26)21(27)14-19/h6-12,14-15,17H,4-5,13,16H2,1-3H3,(H,28,32). The Morgan fingerprint density at radius 3 is 2.42 bits per heavy atom. The van der Waals surface area contributed by atoms with Crippen molar-refractivity contribution in [3.05, 3.63) is 64.6 Å². The Bertz CT molecular complexity index is 1110. The number of rotatable bonds is 9. The zero-order valence-corrected chi connectivity index (χ0v) is 20.5. The number of hydrogen-bond donors (Lipinski definition) is 1. The molecule has 3 rings (SSSR count). The minimum absolute atomic E-state index is 0.0236. The number of nitrogens with one attached hydrogen (secondary N) is 1. The number of benzene rings is 2. The van der Waals surface area contributed by atoms with Crippen LogP contribution in [0.15, 0.2) is 54.6 Å². The van der Waals surface area contributed by atoms with Crippen molar-refractivity contribution in [2.24, 2.45) is 5.92 Å². The fourth-order valence-corrected chi connectivity index (χ4v) is 3.66. The van der Waals surface area contributed by atoms with Crippen LogP contribution in [0.1, 0.15) is 33.6 Å². The molecule has 0 spiro atoms. The van der Waals surface area contributed by atoms with E-state index in [4.69, 9.17) is 23.2 Å². The van der Waals surface area contributed by atoms with E-state index < -0.39 is 0 Å². The lowest BCUT2D eigenvalue weighted by Gasteiger charge is -2.24. The van der Waals surface area contributed by atoms with Gasteiger partial charge in [-0.15, -0.1) is 0 Å². The van der Waals surface area contributed by atoms with Crippen molar-refractivity contribution in [1.82, 2.24) is 14.7 Å². The highest BCUT2D eigenvalue weighted by atomic mass is 35.5. The van der Waals surface area contributed by atoms with Crippen LogP contribution in [0.4, 0.5) is 5.82 Å². The summed E-state index contributed by atoms with van der Waals surface area (Å²) < 4.78 is 1.61. The summed E-state index contributed by atoms with van der Waals surface area (Å²) in [6.45, 7) is 6.25. The molecule has 0 radical (unpaired) electrons. The second-order valence-electron chi connectivity index (χ2n) is 8.11. The van der Waals surface area contributed by atoms with Crippen LogP contribution in [-0.4, -0.2) is 39.6 Å². The summed E-state index contributed by atoms with van der Waals surface area (Å²) >= 11 is 12.3. The third kappa shape index (κ3) is 6.36. The first-order valence-electron chi connectivity index (χ1n) is 11.0. The van der Waals surface area contributed by atoms with Gasteiger partial charge in [0.05, 0.1) is 28.0 Å². The third-order valence-corrected chi connectivity index (χ3v) is 5.85. The van der Waals surface area contributed by atoms with E-state index in [0.29, 0.717) is 33.8 Å². The van der Waals surface area contributed by atoms with Gasteiger partial charge in [0.1, 0.15) is 5.82 Å². The van der Waals surface area contributed by atoms with Crippen molar-refractivity contribution in [3.8, 4) is 16.9 Å². The minimum Gasteiger partial charge on any atom is -0.333 e. The lowest BCUT2D eigenvalue weighted by Crippen LogP contribution is -2.40. The lowest BCUT2D eigenvalue weighted by molar-refractivity contribution is -0.137. The average molecular weight is 487 g/mol. The second-order valence-corrected chi connectivity index (χ2v) is 8.92. The van der Waals surface area contributed by atoms with Crippen LogP contribution in [0.3, 0.4) is 0 Å². The number of carbonyl (C=O) groups excluding carboxylic acids is 2. The smallest absolute Gasteiger partial charge is 0.245 e. The van der Waals surface area contributed by atoms with Crippen LogP contribution in [-0.2, 0) is 9.59 Å². The Morgan fingerprint density at radius 1 is 1.06 bits per heavy atom. The van der Waals surface area contributed by atoms with Gasteiger partial charge in [-0.05, 0) is 24.6 Å². The first-order chi connectivity index (χ1) is 15.8. The van der Waals surface area contributed by atoms with Crippen molar-refractivity contribution >= 4 is 40.8 Å². The fourth-order valence-electron chi connectivity index (χ4n) is 3.37. The molecule has 8 heteroatoms. The number of unbranched alkanes of at least 4 members (excludes halogenated alkanes) is 1. The molecule has 2 amide bonds. The van der Waals surface area contributed by atoms with Crippen LogP contribution in [0.2, 0.25) is 10.0 Å². The molecule has 0 atom stereocenters. The van der Waals surface area contributed by atoms with E-state index in [1.807, 2.05) is 44.2 Å². The van der Waals surface area contributed by atoms with Gasteiger partial charge in [0.25, 0.3) is 0 Å². The highest BCUT2D eigenvalue weighted by Crippen LogP contribution is 2.29. The number of amides is 2. The van der Waals surface area contributed by atoms with Gasteiger partial charge in [0.2, 0.25) is 11.8 Å². The summed E-state index contributed by atoms with van der Waals surface area (Å²) in [5, 5.41) is 8.43. The first kappa shape index (κ1) is 24.8. The summed E-state index contributed by atoms with van der Waals surface area (Å²) in [5.41, 5.74) is 2.26. The SMILES string of the molecule is CCCCN(CC(=O)Nc1cc(-c2ccccc2)nn1-c1ccc(Cl)c(Cl)c1)C(=O)C(C)C. The Hall–Kier alpha value is -2.83. The van der Waals surface area contributed by atoms with Crippen molar-refractivity contribution in [1.29, 1.82) is 0 Å². The van der Waals surface area contributed by atoms with Crippen molar-refractivity contribution < 1.29 is 9.59 Å². The number of anilines is 1. The van der Waals surface area contributed by atoms with Gasteiger partial charge in [-0.1, -0.05) is 80.7 Å². The molecular weight excluding hydrogens is 459 g/mol. The Morgan fingerprint density at radius 2 is 1.79 bits per heavy atom. The van der Waals surface area contributed by atoms with Crippen LogP contribution in [0.5, 0.6) is 0 Å². The average Bonchev–Trinajstić information content (AvgIpc) is 3.22. The van der Waals surface area contributed by atoms with Gasteiger partial charge in [0.15, 0.2) is 0 Å². The summed E-state index contributed by atoms with van der Waals surface area (Å²) in [6, 6.07) is 16.6. The fraction of sp³-hybridized carbons (Fsp3) is 0.320. The van der Waals surface area contributed by atoms with E-state index in [-0.39, 0.29) is 24.3 Å². The van der Waals surface area contributed by atoms with Crippen molar-refractivity contribution in [2.45, 2.75) is 33.6 Å². The van der Waals surface area contributed by atoms with Gasteiger partial charge < -0.3 is 10.2 Å². The monoisotopic (exact) mass is 486 g/mol. The van der Waals surface area contributed by atoms with Crippen LogP contribution in [0.25, 0.3) is 16.9 Å². The summed E-state index contributed by atoms with van der Waals surface area (Å²) in [5.74, 6) is -0.0340. The van der Waals surface area contributed by atoms with Gasteiger partial charge >= 0.3 is 0 Å². The van der Waals surface area contributed by atoms with E-state index in [1.165, 1.54) is 0 Å². The Kier molecular flexibility index (Phi) is 8.53. The maximum atomic E-state index is 13.0. The van der Waals surface area contributed by atoms with E-state index in [9.17, 15) is 9.59 Å². The maximum Gasteiger partial charge on any atom is 0.245 e. The predicted molar refractivity (Wildman–Crippen MR) is 134 cm³/mol. The van der Waals surface area contributed by atoms with Crippen LogP contribution in [0, 0.1) is 5.92 Å². The number of carbonyl (C=O) groups is 2. The molecule has 174 valence electrons. The molecule has 6 nitrogen and oxygen atoms in total. The van der Waals surface area contributed by atoms with Gasteiger partial charge in [-0.3, -0.25) is 9.59 Å². The van der Waals surface area contributed by atoms with Gasteiger partial charge in [-0.2, -0.15) is 5.10 Å². The molecule has 0 aliphatic heterocycles. The first-order valence-corrected chi connectivity index (χ1v) is 11.7. The summed E-state index contributed by atoms with van der Waals surface area (Å²) in [7, 11) is 0.